The second kappa shape index (κ2) is 3.43. The zero-order chi connectivity index (χ0) is 11.0. The third kappa shape index (κ3) is 1.73. The second-order valence-corrected chi connectivity index (χ2v) is 3.31. The Labute approximate surface area is 89.1 Å². The Balaban J connectivity index is 2.55. The number of phenolic OH excluding ortho intramolecular Hbond substituents is 1. The van der Waals surface area contributed by atoms with Crippen molar-refractivity contribution in [3.05, 3.63) is 29.0 Å². The summed E-state index contributed by atoms with van der Waals surface area (Å²) in [6.07, 6.45) is 0. The molecular formula is C9H6ClFN2O2. The smallest absolute Gasteiger partial charge is 0.170 e. The van der Waals surface area contributed by atoms with E-state index in [9.17, 15) is 4.39 Å². The molecule has 0 radical (unpaired) electrons. The Morgan fingerprint density at radius 1 is 1.40 bits per heavy atom. The van der Waals surface area contributed by atoms with Crippen LogP contribution in [0.4, 0.5) is 10.2 Å². The number of anilines is 1. The maximum absolute atomic E-state index is 13.1. The summed E-state index contributed by atoms with van der Waals surface area (Å²) in [5.41, 5.74) is 5.70. The van der Waals surface area contributed by atoms with Gasteiger partial charge in [-0.1, -0.05) is 16.8 Å². The lowest BCUT2D eigenvalue weighted by Gasteiger charge is -2.00. The van der Waals surface area contributed by atoms with E-state index in [1.165, 1.54) is 12.1 Å². The normalized spacial score (nSPS) is 10.5. The summed E-state index contributed by atoms with van der Waals surface area (Å²) in [6, 6.07) is 3.88. The molecule has 0 aliphatic heterocycles. The maximum Gasteiger partial charge on any atom is 0.170 e. The van der Waals surface area contributed by atoms with Gasteiger partial charge < -0.3 is 15.4 Å². The fraction of sp³-hybridized carbons (Fsp3) is 0. The van der Waals surface area contributed by atoms with Gasteiger partial charge in [-0.25, -0.2) is 4.39 Å². The van der Waals surface area contributed by atoms with E-state index < -0.39 is 11.6 Å². The number of halogens is 2. The molecule has 0 aliphatic carbocycles. The third-order valence-corrected chi connectivity index (χ3v) is 2.12. The van der Waals surface area contributed by atoms with Crippen molar-refractivity contribution in [2.75, 3.05) is 5.73 Å². The molecule has 0 saturated heterocycles. The number of phenols is 1. The lowest BCUT2D eigenvalue weighted by Crippen LogP contribution is -1.82. The topological polar surface area (TPSA) is 72.3 Å². The lowest BCUT2D eigenvalue weighted by atomic mass is 10.1. The number of hydrogen-bond donors (Lipinski definition) is 2. The molecule has 1 aromatic heterocycles. The maximum atomic E-state index is 13.1. The van der Waals surface area contributed by atoms with Crippen LogP contribution >= 0.6 is 11.6 Å². The van der Waals surface area contributed by atoms with Gasteiger partial charge in [0.05, 0.1) is 5.02 Å². The van der Waals surface area contributed by atoms with Crippen molar-refractivity contribution in [3.63, 3.8) is 0 Å². The highest BCUT2D eigenvalue weighted by Gasteiger charge is 2.12. The molecule has 0 atom stereocenters. The van der Waals surface area contributed by atoms with Crippen LogP contribution in [0.5, 0.6) is 5.75 Å². The van der Waals surface area contributed by atoms with Gasteiger partial charge in [-0.3, -0.25) is 0 Å². The molecule has 0 spiro atoms. The minimum Gasteiger partial charge on any atom is -0.504 e. The summed E-state index contributed by atoms with van der Waals surface area (Å²) < 4.78 is 17.9. The molecular weight excluding hydrogens is 223 g/mol. The predicted molar refractivity (Wildman–Crippen MR) is 53.0 cm³/mol. The first-order valence-corrected chi connectivity index (χ1v) is 4.36. The Kier molecular flexibility index (Phi) is 2.24. The first-order chi connectivity index (χ1) is 7.08. The Morgan fingerprint density at radius 2 is 2.13 bits per heavy atom. The fourth-order valence-electron chi connectivity index (χ4n) is 1.13. The number of hydrogen-bond acceptors (Lipinski definition) is 4. The molecule has 0 amide bonds. The molecule has 6 heteroatoms. The number of nitrogens with zero attached hydrogens (tertiary/aromatic N) is 1. The summed E-state index contributed by atoms with van der Waals surface area (Å²) in [6.45, 7) is 0. The minimum absolute atomic E-state index is 0.0972. The van der Waals surface area contributed by atoms with Gasteiger partial charge in [-0.2, -0.15) is 0 Å². The highest BCUT2D eigenvalue weighted by Crippen LogP contribution is 2.32. The molecule has 0 saturated carbocycles. The van der Waals surface area contributed by atoms with E-state index in [0.717, 1.165) is 6.07 Å². The van der Waals surface area contributed by atoms with E-state index in [1.54, 1.807) is 0 Å². The van der Waals surface area contributed by atoms with Crippen LogP contribution in [0.15, 0.2) is 22.7 Å². The molecule has 78 valence electrons. The van der Waals surface area contributed by atoms with Crippen LogP contribution in [0, 0.1) is 5.82 Å². The van der Waals surface area contributed by atoms with E-state index in [2.05, 4.69) is 5.16 Å². The van der Waals surface area contributed by atoms with Gasteiger partial charge in [0, 0.05) is 11.6 Å². The number of nitrogens with two attached hydrogens (primary N) is 1. The average molecular weight is 229 g/mol. The lowest BCUT2D eigenvalue weighted by molar-refractivity contribution is 0.428. The van der Waals surface area contributed by atoms with Crippen molar-refractivity contribution in [1.29, 1.82) is 0 Å². The molecule has 2 aromatic rings. The Morgan fingerprint density at radius 3 is 2.67 bits per heavy atom. The van der Waals surface area contributed by atoms with Crippen molar-refractivity contribution < 1.29 is 14.0 Å². The van der Waals surface area contributed by atoms with Crippen molar-refractivity contribution in [2.45, 2.75) is 0 Å². The summed E-state index contributed by atoms with van der Waals surface area (Å²) in [7, 11) is 0. The fourth-order valence-corrected chi connectivity index (χ4v) is 1.34. The molecule has 1 aromatic carbocycles. The van der Waals surface area contributed by atoms with E-state index in [1.807, 2.05) is 0 Å². The Hall–Kier alpha value is -1.75. The van der Waals surface area contributed by atoms with E-state index >= 15 is 0 Å². The van der Waals surface area contributed by atoms with Gasteiger partial charge in [-0.15, -0.1) is 0 Å². The summed E-state index contributed by atoms with van der Waals surface area (Å²) >= 11 is 5.59. The molecule has 0 aliphatic rings. The minimum atomic E-state index is -0.826. The highest BCUT2D eigenvalue weighted by atomic mass is 35.5. The monoisotopic (exact) mass is 228 g/mol. The van der Waals surface area contributed by atoms with Crippen LogP contribution in [0.2, 0.25) is 5.02 Å². The number of aromatic nitrogens is 1. The zero-order valence-corrected chi connectivity index (χ0v) is 8.12. The quantitative estimate of drug-likeness (QED) is 0.786. The molecule has 4 nitrogen and oxygen atoms in total. The van der Waals surface area contributed by atoms with Crippen LogP contribution in [0.3, 0.4) is 0 Å². The second-order valence-electron chi connectivity index (χ2n) is 2.90. The van der Waals surface area contributed by atoms with Gasteiger partial charge in [-0.05, 0) is 12.1 Å². The van der Waals surface area contributed by atoms with Crippen LogP contribution < -0.4 is 5.73 Å². The summed E-state index contributed by atoms with van der Waals surface area (Å²) in [4.78, 5) is 0. The largest absolute Gasteiger partial charge is 0.504 e. The van der Waals surface area contributed by atoms with Gasteiger partial charge in [0.2, 0.25) is 0 Å². The molecule has 15 heavy (non-hydrogen) atoms. The number of nitrogen functional groups attached to an aromatic ring is 1. The molecule has 2 rings (SSSR count). The summed E-state index contributed by atoms with van der Waals surface area (Å²) in [5, 5.41) is 12.5. The predicted octanol–water partition coefficient (Wildman–Crippen LogP) is 2.42. The van der Waals surface area contributed by atoms with Gasteiger partial charge in [0.1, 0.15) is 0 Å². The number of rotatable bonds is 1. The van der Waals surface area contributed by atoms with E-state index in [4.69, 9.17) is 27.0 Å². The first kappa shape index (κ1) is 9.79. The third-order valence-electron chi connectivity index (χ3n) is 1.83. The van der Waals surface area contributed by atoms with Crippen molar-refractivity contribution in [3.8, 4) is 17.1 Å². The standard InChI is InChI=1S/C9H6ClFN2O2/c10-5-1-4(2-6(11)9(5)14)7-3-8(12)13-15-7/h1-3,14H,(H2,12,13). The number of benzene rings is 1. The average Bonchev–Trinajstić information content (AvgIpc) is 2.60. The molecule has 0 fully saturated rings. The van der Waals surface area contributed by atoms with E-state index in [-0.39, 0.29) is 16.6 Å². The van der Waals surface area contributed by atoms with Crippen LogP contribution in [0.1, 0.15) is 0 Å². The van der Waals surface area contributed by atoms with Crippen molar-refractivity contribution >= 4 is 17.4 Å². The SMILES string of the molecule is Nc1cc(-c2cc(F)c(O)c(Cl)c2)on1. The number of aromatic hydroxyl groups is 1. The Bertz CT molecular complexity index is 490. The van der Waals surface area contributed by atoms with Gasteiger partial charge in [0.25, 0.3) is 0 Å². The van der Waals surface area contributed by atoms with E-state index in [0.29, 0.717) is 5.56 Å². The van der Waals surface area contributed by atoms with Gasteiger partial charge >= 0.3 is 0 Å². The summed E-state index contributed by atoms with van der Waals surface area (Å²) in [5.74, 6) is -0.941. The first-order valence-electron chi connectivity index (χ1n) is 3.98. The zero-order valence-electron chi connectivity index (χ0n) is 7.37. The highest BCUT2D eigenvalue weighted by molar-refractivity contribution is 6.32. The van der Waals surface area contributed by atoms with Crippen LogP contribution in [-0.2, 0) is 0 Å². The molecule has 1 heterocycles. The molecule has 0 bridgehead atoms. The van der Waals surface area contributed by atoms with Crippen LogP contribution in [-0.4, -0.2) is 10.3 Å². The molecule has 3 N–H and O–H groups in total. The van der Waals surface area contributed by atoms with Crippen molar-refractivity contribution in [2.24, 2.45) is 0 Å². The van der Waals surface area contributed by atoms with Crippen LogP contribution in [0.25, 0.3) is 11.3 Å². The van der Waals surface area contributed by atoms with Gasteiger partial charge in [0.15, 0.2) is 23.1 Å². The van der Waals surface area contributed by atoms with Crippen molar-refractivity contribution in [1.82, 2.24) is 5.16 Å². The molecule has 0 unspecified atom stereocenters.